The molecule has 9 nitrogen and oxygen atoms in total. The summed E-state index contributed by atoms with van der Waals surface area (Å²) in [5.74, 6) is 0.278. The normalized spacial score (nSPS) is 14.7. The van der Waals surface area contributed by atoms with Gasteiger partial charge in [0, 0.05) is 5.56 Å². The Bertz CT molecular complexity index is 1800. The maximum absolute atomic E-state index is 14.1. The van der Waals surface area contributed by atoms with Crippen LogP contribution in [0.4, 0.5) is 0 Å². The third kappa shape index (κ3) is 5.21. The largest absolute Gasteiger partial charge is 0.502 e. The van der Waals surface area contributed by atoms with Crippen LogP contribution in [0.3, 0.4) is 0 Å². The molecule has 2 heterocycles. The van der Waals surface area contributed by atoms with E-state index in [1.807, 2.05) is 42.5 Å². The van der Waals surface area contributed by atoms with Crippen LogP contribution >= 0.6 is 11.3 Å². The highest BCUT2D eigenvalue weighted by Gasteiger charge is 2.35. The molecule has 210 valence electrons. The summed E-state index contributed by atoms with van der Waals surface area (Å²) in [5.41, 5.74) is 2.29. The number of hydrogen-bond acceptors (Lipinski definition) is 9. The first-order valence-corrected chi connectivity index (χ1v) is 13.6. The van der Waals surface area contributed by atoms with Crippen LogP contribution in [0.25, 0.3) is 11.8 Å². The van der Waals surface area contributed by atoms with E-state index in [0.29, 0.717) is 37.5 Å². The van der Waals surface area contributed by atoms with Gasteiger partial charge in [-0.15, -0.1) is 0 Å². The summed E-state index contributed by atoms with van der Waals surface area (Å²) in [6.45, 7) is 1.89. The van der Waals surface area contributed by atoms with Crippen LogP contribution in [0.2, 0.25) is 0 Å². The van der Waals surface area contributed by atoms with E-state index >= 15 is 0 Å². The maximum atomic E-state index is 14.1. The highest BCUT2D eigenvalue weighted by atomic mass is 32.1. The number of phenols is 1. The molecule has 0 fully saturated rings. The Hall–Kier alpha value is -4.83. The summed E-state index contributed by atoms with van der Waals surface area (Å²) in [4.78, 5) is 32.9. The number of benzene rings is 3. The summed E-state index contributed by atoms with van der Waals surface area (Å²) >= 11 is 1.19. The molecule has 1 aromatic heterocycles. The number of methoxy groups -OCH3 is 3. The molecule has 0 saturated heterocycles. The Morgan fingerprint density at radius 3 is 2.34 bits per heavy atom. The molecule has 1 atom stereocenters. The number of hydrogen-bond donors (Lipinski definition) is 1. The number of thiazole rings is 1. The smallest absolute Gasteiger partial charge is 0.338 e. The molecule has 4 aromatic rings. The predicted octanol–water partition coefficient (Wildman–Crippen LogP) is 3.67. The first-order valence-electron chi connectivity index (χ1n) is 12.8. The van der Waals surface area contributed by atoms with Crippen molar-refractivity contribution in [3.05, 3.63) is 109 Å². The second-order valence-corrected chi connectivity index (χ2v) is 9.99. The van der Waals surface area contributed by atoms with Crippen LogP contribution in [-0.2, 0) is 9.53 Å². The number of carbonyl (C=O) groups is 1. The molecule has 0 unspecified atom stereocenters. The maximum Gasteiger partial charge on any atom is 0.338 e. The van der Waals surface area contributed by atoms with Gasteiger partial charge in [0.15, 0.2) is 16.3 Å². The summed E-state index contributed by atoms with van der Waals surface area (Å²) in [6.07, 6.45) is 1.67. The number of nitrogens with zero attached hydrogens (tertiary/aromatic N) is 2. The number of rotatable bonds is 8. The molecule has 0 aliphatic carbocycles. The Morgan fingerprint density at radius 2 is 1.71 bits per heavy atom. The molecule has 1 aliphatic rings. The molecular formula is C31H28N2O7S. The van der Waals surface area contributed by atoms with E-state index in [-0.39, 0.29) is 35.0 Å². The molecule has 1 N–H and O–H groups in total. The lowest BCUT2D eigenvalue weighted by Gasteiger charge is -2.26. The highest BCUT2D eigenvalue weighted by molar-refractivity contribution is 7.07. The molecular weight excluding hydrogens is 544 g/mol. The minimum absolute atomic E-state index is 0.141. The van der Waals surface area contributed by atoms with E-state index in [1.54, 1.807) is 44.4 Å². The van der Waals surface area contributed by atoms with Crippen molar-refractivity contribution in [3.8, 4) is 23.0 Å². The number of carbonyl (C=O) groups excluding carboxylic acids is 1. The monoisotopic (exact) mass is 572 g/mol. The summed E-state index contributed by atoms with van der Waals surface area (Å²) in [5, 5.41) is 10.3. The molecule has 5 rings (SSSR count). The van der Waals surface area contributed by atoms with Gasteiger partial charge in [-0.1, -0.05) is 53.8 Å². The van der Waals surface area contributed by atoms with E-state index < -0.39 is 12.0 Å². The first-order chi connectivity index (χ1) is 19.9. The third-order valence-corrected chi connectivity index (χ3v) is 7.57. The molecule has 1 aliphatic heterocycles. The Balaban J connectivity index is 1.83. The minimum atomic E-state index is -0.832. The lowest BCUT2D eigenvalue weighted by atomic mass is 9.93. The molecule has 3 aromatic carbocycles. The number of ether oxygens (including phenoxy) is 4. The predicted molar refractivity (Wildman–Crippen MR) is 155 cm³/mol. The standard InChI is InChI=1S/C31H28N2O7S/c1-5-40-30(36)25-26(19-10-7-6-8-11-19)32-31-33(27(25)20-12-9-13-21(17-20)37-2)29(35)24(41-31)16-18-14-22(38-3)28(34)23(15-18)39-4/h6-17,27,34H,5H2,1-4H3/b24-16+/t27-/m0/s1. The molecule has 0 spiro atoms. The van der Waals surface area contributed by atoms with Gasteiger partial charge >= 0.3 is 5.97 Å². The van der Waals surface area contributed by atoms with Crippen molar-refractivity contribution < 1.29 is 28.8 Å². The van der Waals surface area contributed by atoms with Crippen molar-refractivity contribution in [2.24, 2.45) is 4.99 Å². The molecule has 0 saturated carbocycles. The highest BCUT2D eigenvalue weighted by Crippen LogP contribution is 2.38. The lowest BCUT2D eigenvalue weighted by Crippen LogP contribution is -2.40. The van der Waals surface area contributed by atoms with Gasteiger partial charge in [0.05, 0.1) is 49.8 Å². The van der Waals surface area contributed by atoms with Gasteiger partial charge < -0.3 is 24.1 Å². The fraction of sp³-hybridized carbons (Fsp3) is 0.194. The second-order valence-electron chi connectivity index (χ2n) is 8.98. The average Bonchev–Trinajstić information content (AvgIpc) is 3.31. The fourth-order valence-corrected chi connectivity index (χ4v) is 5.72. The zero-order valence-corrected chi connectivity index (χ0v) is 23.7. The molecule has 0 bridgehead atoms. The molecule has 0 radical (unpaired) electrons. The number of esters is 1. The molecule has 41 heavy (non-hydrogen) atoms. The van der Waals surface area contributed by atoms with Crippen molar-refractivity contribution in [1.29, 1.82) is 0 Å². The van der Waals surface area contributed by atoms with Crippen LogP contribution in [0.15, 0.2) is 82.1 Å². The van der Waals surface area contributed by atoms with E-state index in [1.165, 1.54) is 30.1 Å². The SMILES string of the molecule is CCOC(=O)C1=C(c2ccccc2)N=c2s/c(=C/c3cc(OC)c(O)c(OC)c3)c(=O)n2[C@H]1c1cccc(OC)c1. The van der Waals surface area contributed by atoms with Crippen molar-refractivity contribution in [3.63, 3.8) is 0 Å². The van der Waals surface area contributed by atoms with E-state index in [2.05, 4.69) is 0 Å². The Labute approximate surface area is 239 Å². The number of aromatic hydroxyl groups is 1. The number of phenolic OH excluding ortho intramolecular Hbond substituents is 1. The van der Waals surface area contributed by atoms with Gasteiger partial charge in [-0.25, -0.2) is 9.79 Å². The van der Waals surface area contributed by atoms with Gasteiger partial charge in [0.2, 0.25) is 5.75 Å². The third-order valence-electron chi connectivity index (χ3n) is 6.58. The van der Waals surface area contributed by atoms with Crippen LogP contribution in [-0.4, -0.2) is 43.6 Å². The Kier molecular flexibility index (Phi) is 7.93. The number of aromatic nitrogens is 1. The molecule has 10 heteroatoms. The van der Waals surface area contributed by atoms with Crippen molar-refractivity contribution >= 4 is 29.1 Å². The van der Waals surface area contributed by atoms with Crippen molar-refractivity contribution in [1.82, 2.24) is 4.57 Å². The number of fused-ring (bicyclic) bond motifs is 1. The topological polar surface area (TPSA) is 109 Å². The summed E-state index contributed by atoms with van der Waals surface area (Å²) in [7, 11) is 4.42. The van der Waals surface area contributed by atoms with Gasteiger partial charge in [-0.05, 0) is 48.4 Å². The summed E-state index contributed by atoms with van der Waals surface area (Å²) < 4.78 is 23.4. The van der Waals surface area contributed by atoms with Crippen LogP contribution in [0.5, 0.6) is 23.0 Å². The first kappa shape index (κ1) is 27.7. The van der Waals surface area contributed by atoms with Gasteiger partial charge in [0.1, 0.15) is 5.75 Å². The van der Waals surface area contributed by atoms with Crippen molar-refractivity contribution in [2.75, 3.05) is 27.9 Å². The zero-order chi connectivity index (χ0) is 29.1. The van der Waals surface area contributed by atoms with Crippen LogP contribution < -0.4 is 29.1 Å². The zero-order valence-electron chi connectivity index (χ0n) is 22.9. The van der Waals surface area contributed by atoms with Gasteiger partial charge in [-0.3, -0.25) is 9.36 Å². The molecule has 0 amide bonds. The summed E-state index contributed by atoms with van der Waals surface area (Å²) in [6, 6.07) is 19.0. The second kappa shape index (κ2) is 11.7. The quantitative estimate of drug-likeness (QED) is 0.321. The van der Waals surface area contributed by atoms with Crippen molar-refractivity contribution in [2.45, 2.75) is 13.0 Å². The average molecular weight is 573 g/mol. The van der Waals surface area contributed by atoms with E-state index in [9.17, 15) is 14.7 Å². The van der Waals surface area contributed by atoms with Gasteiger partial charge in [-0.2, -0.15) is 0 Å². The minimum Gasteiger partial charge on any atom is -0.502 e. The van der Waals surface area contributed by atoms with Crippen LogP contribution in [0.1, 0.15) is 29.7 Å². The van der Waals surface area contributed by atoms with Crippen LogP contribution in [0, 0.1) is 0 Å². The van der Waals surface area contributed by atoms with Gasteiger partial charge in [0.25, 0.3) is 5.56 Å². The van der Waals surface area contributed by atoms with E-state index in [4.69, 9.17) is 23.9 Å². The van der Waals surface area contributed by atoms with E-state index in [0.717, 1.165) is 0 Å². The fourth-order valence-electron chi connectivity index (χ4n) is 4.72. The Morgan fingerprint density at radius 1 is 1.00 bits per heavy atom. The lowest BCUT2D eigenvalue weighted by molar-refractivity contribution is -0.138.